The predicted octanol–water partition coefficient (Wildman–Crippen LogP) is 2.96. The van der Waals surface area contributed by atoms with Gasteiger partial charge in [-0.1, -0.05) is 26.2 Å². The molecule has 1 saturated heterocycles. The molecule has 0 aromatic heterocycles. The van der Waals surface area contributed by atoms with Crippen LogP contribution in [0.1, 0.15) is 58.3 Å². The van der Waals surface area contributed by atoms with Crippen molar-refractivity contribution < 1.29 is 0 Å². The van der Waals surface area contributed by atoms with E-state index in [1.165, 1.54) is 71.0 Å². The molecule has 0 bridgehead atoms. The maximum atomic E-state index is 6.03. The number of hydrogen-bond acceptors (Lipinski definition) is 2. The summed E-state index contributed by atoms with van der Waals surface area (Å²) in [6, 6.07) is 0.568. The minimum Gasteiger partial charge on any atom is -0.370 e. The largest absolute Gasteiger partial charge is 0.370 e. The molecule has 1 aliphatic carbocycles. The highest BCUT2D eigenvalue weighted by molar-refractivity contribution is 14.0. The number of halogens is 1. The number of rotatable bonds is 5. The van der Waals surface area contributed by atoms with Crippen molar-refractivity contribution in [3.05, 3.63) is 0 Å². The normalized spacial score (nSPS) is 22.8. The molecule has 1 heterocycles. The average molecular weight is 408 g/mol. The van der Waals surface area contributed by atoms with Gasteiger partial charge < -0.3 is 16.0 Å². The Morgan fingerprint density at radius 2 is 1.81 bits per heavy atom. The summed E-state index contributed by atoms with van der Waals surface area (Å²) in [5.41, 5.74) is 6.03. The van der Waals surface area contributed by atoms with Crippen molar-refractivity contribution in [3.8, 4) is 0 Å². The highest BCUT2D eigenvalue weighted by Crippen LogP contribution is 2.18. The number of nitrogens with two attached hydrogens (primary N) is 1. The van der Waals surface area contributed by atoms with Gasteiger partial charge in [0.15, 0.2) is 5.96 Å². The van der Waals surface area contributed by atoms with Gasteiger partial charge in [0.2, 0.25) is 0 Å². The molecule has 3 N–H and O–H groups in total. The quantitative estimate of drug-likeness (QED) is 0.418. The first-order chi connectivity index (χ1) is 9.78. The molecule has 1 saturated carbocycles. The van der Waals surface area contributed by atoms with Crippen LogP contribution in [0, 0.1) is 5.92 Å². The summed E-state index contributed by atoms with van der Waals surface area (Å²) in [5.74, 6) is 1.41. The topological polar surface area (TPSA) is 53.6 Å². The van der Waals surface area contributed by atoms with E-state index < -0.39 is 0 Å². The van der Waals surface area contributed by atoms with Crippen molar-refractivity contribution in [2.24, 2.45) is 16.6 Å². The second-order valence-electron chi connectivity index (χ2n) is 6.49. The molecule has 2 aliphatic rings. The van der Waals surface area contributed by atoms with Gasteiger partial charge in [0, 0.05) is 12.6 Å². The van der Waals surface area contributed by atoms with Crippen LogP contribution in [-0.2, 0) is 0 Å². The van der Waals surface area contributed by atoms with Crippen LogP contribution in [0.15, 0.2) is 4.99 Å². The van der Waals surface area contributed by atoms with E-state index >= 15 is 0 Å². The Kier molecular flexibility index (Phi) is 9.64. The predicted molar refractivity (Wildman–Crippen MR) is 101 cm³/mol. The van der Waals surface area contributed by atoms with Gasteiger partial charge in [-0.3, -0.25) is 4.99 Å². The lowest BCUT2D eigenvalue weighted by Gasteiger charge is -2.31. The zero-order chi connectivity index (χ0) is 14.2. The minimum atomic E-state index is 0. The number of piperidine rings is 1. The summed E-state index contributed by atoms with van der Waals surface area (Å²) >= 11 is 0. The second-order valence-corrected chi connectivity index (χ2v) is 6.49. The molecule has 0 radical (unpaired) electrons. The second kappa shape index (κ2) is 10.6. The van der Waals surface area contributed by atoms with E-state index in [4.69, 9.17) is 5.73 Å². The van der Waals surface area contributed by atoms with Crippen molar-refractivity contribution in [3.63, 3.8) is 0 Å². The van der Waals surface area contributed by atoms with Gasteiger partial charge in [0.1, 0.15) is 0 Å². The maximum Gasteiger partial charge on any atom is 0.188 e. The van der Waals surface area contributed by atoms with Gasteiger partial charge in [0.05, 0.1) is 0 Å². The molecule has 21 heavy (non-hydrogen) atoms. The Balaban J connectivity index is 0.00000220. The molecule has 0 spiro atoms. The van der Waals surface area contributed by atoms with Crippen molar-refractivity contribution in [1.82, 2.24) is 10.2 Å². The third kappa shape index (κ3) is 7.17. The summed E-state index contributed by atoms with van der Waals surface area (Å²) in [4.78, 5) is 7.15. The number of aliphatic imine (C=N–C) groups is 1. The van der Waals surface area contributed by atoms with Crippen LogP contribution in [0.25, 0.3) is 0 Å². The van der Waals surface area contributed by atoms with E-state index in [1.807, 2.05) is 0 Å². The van der Waals surface area contributed by atoms with Crippen molar-refractivity contribution in [1.29, 1.82) is 0 Å². The Hall–Kier alpha value is -0.0400. The third-order valence-corrected chi connectivity index (χ3v) is 4.72. The molecule has 2 fully saturated rings. The standard InChI is InChI=1S/C16H32N4.HI/c1-2-10-20-11-8-14(9-12-20)13-18-16(17)19-15-6-4-3-5-7-15;/h14-15H,2-13H2,1H3,(H3,17,18,19);1H. The number of nitrogens with one attached hydrogen (secondary N) is 1. The third-order valence-electron chi connectivity index (χ3n) is 4.72. The lowest BCUT2D eigenvalue weighted by molar-refractivity contribution is 0.188. The van der Waals surface area contributed by atoms with Crippen LogP contribution >= 0.6 is 24.0 Å². The van der Waals surface area contributed by atoms with E-state index in [2.05, 4.69) is 22.1 Å². The van der Waals surface area contributed by atoms with E-state index in [9.17, 15) is 0 Å². The number of nitrogens with zero attached hydrogens (tertiary/aromatic N) is 2. The van der Waals surface area contributed by atoms with Gasteiger partial charge in [-0.2, -0.15) is 0 Å². The summed E-state index contributed by atoms with van der Waals surface area (Å²) in [5, 5.41) is 3.40. The number of guanidine groups is 1. The fraction of sp³-hybridized carbons (Fsp3) is 0.938. The van der Waals surface area contributed by atoms with Crippen LogP contribution in [0.3, 0.4) is 0 Å². The average Bonchev–Trinajstić information content (AvgIpc) is 2.48. The SMILES string of the molecule is CCCN1CCC(CN=C(N)NC2CCCCC2)CC1.I. The Bertz CT molecular complexity index is 295. The zero-order valence-corrected chi connectivity index (χ0v) is 15.9. The van der Waals surface area contributed by atoms with E-state index in [-0.39, 0.29) is 24.0 Å². The fourth-order valence-electron chi connectivity index (χ4n) is 3.44. The molecule has 1 aliphatic heterocycles. The molecule has 0 aromatic rings. The highest BCUT2D eigenvalue weighted by Gasteiger charge is 2.18. The van der Waals surface area contributed by atoms with Crippen molar-refractivity contribution >= 4 is 29.9 Å². The van der Waals surface area contributed by atoms with Crippen LogP contribution in [0.2, 0.25) is 0 Å². The van der Waals surface area contributed by atoms with E-state index in [0.717, 1.165) is 12.5 Å². The van der Waals surface area contributed by atoms with Gasteiger partial charge in [-0.15, -0.1) is 24.0 Å². The summed E-state index contributed by atoms with van der Waals surface area (Å²) < 4.78 is 0. The molecular formula is C16H33IN4. The maximum absolute atomic E-state index is 6.03. The first-order valence-electron chi connectivity index (χ1n) is 8.56. The Morgan fingerprint density at radius 3 is 2.43 bits per heavy atom. The molecule has 2 rings (SSSR count). The van der Waals surface area contributed by atoms with Crippen LogP contribution in [-0.4, -0.2) is 43.1 Å². The monoisotopic (exact) mass is 408 g/mol. The molecular weight excluding hydrogens is 375 g/mol. The molecule has 5 heteroatoms. The van der Waals surface area contributed by atoms with E-state index in [1.54, 1.807) is 0 Å². The van der Waals surface area contributed by atoms with Crippen molar-refractivity contribution in [2.45, 2.75) is 64.3 Å². The van der Waals surface area contributed by atoms with Gasteiger partial charge in [-0.05, 0) is 57.7 Å². The van der Waals surface area contributed by atoms with Gasteiger partial charge in [-0.25, -0.2) is 0 Å². The Morgan fingerprint density at radius 1 is 1.14 bits per heavy atom. The zero-order valence-electron chi connectivity index (χ0n) is 13.5. The number of hydrogen-bond donors (Lipinski definition) is 2. The van der Waals surface area contributed by atoms with Crippen LogP contribution < -0.4 is 11.1 Å². The first kappa shape index (κ1) is 19.0. The van der Waals surface area contributed by atoms with E-state index in [0.29, 0.717) is 12.0 Å². The molecule has 0 amide bonds. The van der Waals surface area contributed by atoms with Crippen LogP contribution in [0.4, 0.5) is 0 Å². The molecule has 124 valence electrons. The lowest BCUT2D eigenvalue weighted by Crippen LogP contribution is -2.41. The summed E-state index contributed by atoms with van der Waals surface area (Å²) in [6.07, 6.45) is 10.4. The van der Waals surface area contributed by atoms with Crippen LogP contribution in [0.5, 0.6) is 0 Å². The molecule has 0 unspecified atom stereocenters. The molecule has 4 nitrogen and oxygen atoms in total. The molecule has 0 atom stereocenters. The van der Waals surface area contributed by atoms with Gasteiger partial charge >= 0.3 is 0 Å². The van der Waals surface area contributed by atoms with Gasteiger partial charge in [0.25, 0.3) is 0 Å². The Labute approximate surface area is 147 Å². The fourth-order valence-corrected chi connectivity index (χ4v) is 3.44. The molecule has 0 aromatic carbocycles. The summed E-state index contributed by atoms with van der Waals surface area (Å²) in [7, 11) is 0. The first-order valence-corrected chi connectivity index (χ1v) is 8.56. The van der Waals surface area contributed by atoms with Crippen molar-refractivity contribution in [2.75, 3.05) is 26.2 Å². The summed E-state index contributed by atoms with van der Waals surface area (Å²) in [6.45, 7) is 6.90. The smallest absolute Gasteiger partial charge is 0.188 e. The number of likely N-dealkylation sites (tertiary alicyclic amines) is 1. The lowest BCUT2D eigenvalue weighted by atomic mass is 9.95. The highest BCUT2D eigenvalue weighted by atomic mass is 127. The minimum absolute atomic E-state index is 0.